The highest BCUT2D eigenvalue weighted by Gasteiger charge is 2.33. The number of hydrogen-bond donors (Lipinski definition) is 1. The van der Waals surface area contributed by atoms with Crippen LogP contribution in [-0.4, -0.2) is 46.4 Å². The van der Waals surface area contributed by atoms with Gasteiger partial charge in [-0.2, -0.15) is 5.10 Å². The van der Waals surface area contributed by atoms with E-state index in [-0.39, 0.29) is 29.9 Å². The lowest BCUT2D eigenvalue weighted by Gasteiger charge is -2.19. The first kappa shape index (κ1) is 12.5. The van der Waals surface area contributed by atoms with Gasteiger partial charge in [0.05, 0.1) is 11.5 Å². The Bertz CT molecular complexity index is 483. The number of hydrogen-bond acceptors (Lipinski definition) is 5. The molecule has 1 aliphatic heterocycles. The molecule has 1 saturated heterocycles. The fourth-order valence-electron chi connectivity index (χ4n) is 2.32. The fourth-order valence-corrected chi connectivity index (χ4v) is 4.23. The van der Waals surface area contributed by atoms with E-state index in [1.165, 1.54) is 6.33 Å². The van der Waals surface area contributed by atoms with Crippen LogP contribution in [0.2, 0.25) is 0 Å². The molecule has 0 amide bonds. The summed E-state index contributed by atoms with van der Waals surface area (Å²) in [6, 6.07) is 0. The van der Waals surface area contributed by atoms with Crippen LogP contribution in [0.15, 0.2) is 6.33 Å². The maximum absolute atomic E-state index is 11.4. The highest BCUT2D eigenvalue weighted by Crippen LogP contribution is 2.27. The summed E-state index contributed by atoms with van der Waals surface area (Å²) in [4.78, 5) is 4.10. The van der Waals surface area contributed by atoms with Crippen molar-refractivity contribution in [3.8, 4) is 0 Å². The molecule has 1 N–H and O–H groups in total. The van der Waals surface area contributed by atoms with Gasteiger partial charge in [0.1, 0.15) is 12.2 Å². The molecule has 0 saturated carbocycles. The van der Waals surface area contributed by atoms with Crippen LogP contribution in [0.1, 0.15) is 12.2 Å². The maximum Gasteiger partial charge on any atom is 0.150 e. The minimum Gasteiger partial charge on any atom is -0.396 e. The predicted octanol–water partition coefficient (Wildman–Crippen LogP) is -0.599. The Morgan fingerprint density at radius 2 is 2.41 bits per heavy atom. The summed E-state index contributed by atoms with van der Waals surface area (Å²) in [7, 11) is -1.10. The molecule has 2 unspecified atom stereocenters. The van der Waals surface area contributed by atoms with Gasteiger partial charge >= 0.3 is 0 Å². The molecular weight excluding hydrogens is 242 g/mol. The lowest BCUT2D eigenvalue weighted by Crippen LogP contribution is -2.23. The van der Waals surface area contributed by atoms with Gasteiger partial charge in [-0.25, -0.2) is 13.4 Å². The molecule has 1 aliphatic rings. The summed E-state index contributed by atoms with van der Waals surface area (Å²) in [6.07, 6.45) is 2.69. The standard InChI is InChI=1S/C10H17N3O3S/c1-13-10(11-7-12-13)4-9(5-14)8-2-3-17(15,16)6-8/h7-9,14H,2-6H2,1H3. The first-order valence-electron chi connectivity index (χ1n) is 5.66. The smallest absolute Gasteiger partial charge is 0.150 e. The van der Waals surface area contributed by atoms with Crippen molar-refractivity contribution in [3.63, 3.8) is 0 Å². The third kappa shape index (κ3) is 2.84. The molecule has 17 heavy (non-hydrogen) atoms. The lowest BCUT2D eigenvalue weighted by molar-refractivity contribution is 0.181. The van der Waals surface area contributed by atoms with E-state index >= 15 is 0 Å². The van der Waals surface area contributed by atoms with E-state index in [0.29, 0.717) is 12.8 Å². The Kier molecular flexibility index (Phi) is 3.48. The molecule has 1 fully saturated rings. The van der Waals surface area contributed by atoms with Crippen molar-refractivity contribution >= 4 is 9.84 Å². The lowest BCUT2D eigenvalue weighted by atomic mass is 9.89. The zero-order valence-corrected chi connectivity index (χ0v) is 10.6. The molecule has 0 spiro atoms. The molecule has 2 rings (SSSR count). The van der Waals surface area contributed by atoms with Gasteiger partial charge in [0.15, 0.2) is 9.84 Å². The average molecular weight is 259 g/mol. The highest BCUT2D eigenvalue weighted by atomic mass is 32.2. The summed E-state index contributed by atoms with van der Waals surface area (Å²) in [5, 5.41) is 13.4. The first-order chi connectivity index (χ1) is 8.02. The average Bonchev–Trinajstić information content (AvgIpc) is 2.82. The Hall–Kier alpha value is -0.950. The second-order valence-electron chi connectivity index (χ2n) is 4.61. The number of aryl methyl sites for hydroxylation is 1. The van der Waals surface area contributed by atoms with E-state index in [2.05, 4.69) is 10.1 Å². The molecule has 2 heterocycles. The van der Waals surface area contributed by atoms with Crippen molar-refractivity contribution in [2.24, 2.45) is 18.9 Å². The third-order valence-electron chi connectivity index (χ3n) is 3.42. The Morgan fingerprint density at radius 3 is 2.88 bits per heavy atom. The molecule has 7 heteroatoms. The van der Waals surface area contributed by atoms with Gasteiger partial charge in [0.25, 0.3) is 0 Å². The van der Waals surface area contributed by atoms with Crippen LogP contribution in [0.5, 0.6) is 0 Å². The van der Waals surface area contributed by atoms with E-state index in [4.69, 9.17) is 0 Å². The topological polar surface area (TPSA) is 85.1 Å². The van der Waals surface area contributed by atoms with Crippen LogP contribution in [0.4, 0.5) is 0 Å². The molecule has 6 nitrogen and oxygen atoms in total. The molecule has 0 aromatic carbocycles. The minimum atomic E-state index is -2.89. The summed E-state index contributed by atoms with van der Waals surface area (Å²) >= 11 is 0. The largest absolute Gasteiger partial charge is 0.396 e. The molecule has 2 atom stereocenters. The molecule has 1 aromatic heterocycles. The van der Waals surface area contributed by atoms with Crippen molar-refractivity contribution in [1.82, 2.24) is 14.8 Å². The van der Waals surface area contributed by atoms with Gasteiger partial charge in [-0.1, -0.05) is 0 Å². The normalized spacial score (nSPS) is 24.9. The predicted molar refractivity (Wildman–Crippen MR) is 62.0 cm³/mol. The molecule has 0 radical (unpaired) electrons. The van der Waals surface area contributed by atoms with Crippen LogP contribution in [0, 0.1) is 11.8 Å². The summed E-state index contributed by atoms with van der Waals surface area (Å²) in [5.74, 6) is 1.22. The van der Waals surface area contributed by atoms with Gasteiger partial charge in [-0.3, -0.25) is 4.68 Å². The summed E-state index contributed by atoms with van der Waals surface area (Å²) in [6.45, 7) is -0.00690. The quantitative estimate of drug-likeness (QED) is 0.780. The highest BCUT2D eigenvalue weighted by molar-refractivity contribution is 7.91. The maximum atomic E-state index is 11.4. The van der Waals surface area contributed by atoms with Crippen molar-refractivity contribution in [2.45, 2.75) is 12.8 Å². The number of nitrogens with zero attached hydrogens (tertiary/aromatic N) is 3. The molecule has 96 valence electrons. The number of aliphatic hydroxyl groups is 1. The zero-order chi connectivity index (χ0) is 12.5. The second kappa shape index (κ2) is 4.73. The van der Waals surface area contributed by atoms with E-state index < -0.39 is 9.84 Å². The van der Waals surface area contributed by atoms with Crippen molar-refractivity contribution in [3.05, 3.63) is 12.2 Å². The molecule has 0 bridgehead atoms. The number of sulfone groups is 1. The van der Waals surface area contributed by atoms with Crippen LogP contribution in [0.25, 0.3) is 0 Å². The van der Waals surface area contributed by atoms with Gasteiger partial charge in [0, 0.05) is 20.1 Å². The van der Waals surface area contributed by atoms with E-state index in [0.717, 1.165) is 5.82 Å². The van der Waals surface area contributed by atoms with Gasteiger partial charge < -0.3 is 5.11 Å². The third-order valence-corrected chi connectivity index (χ3v) is 5.21. The van der Waals surface area contributed by atoms with Gasteiger partial charge in [0.2, 0.25) is 0 Å². The summed E-state index contributed by atoms with van der Waals surface area (Å²) < 4.78 is 24.5. The summed E-state index contributed by atoms with van der Waals surface area (Å²) in [5.41, 5.74) is 0. The first-order valence-corrected chi connectivity index (χ1v) is 7.48. The van der Waals surface area contributed by atoms with Crippen LogP contribution < -0.4 is 0 Å². The Morgan fingerprint density at radius 1 is 1.65 bits per heavy atom. The van der Waals surface area contributed by atoms with E-state index in [1.54, 1.807) is 11.7 Å². The van der Waals surface area contributed by atoms with E-state index in [1.807, 2.05) is 0 Å². The number of aliphatic hydroxyl groups excluding tert-OH is 1. The van der Waals surface area contributed by atoms with Crippen molar-refractivity contribution in [1.29, 1.82) is 0 Å². The van der Waals surface area contributed by atoms with E-state index in [9.17, 15) is 13.5 Å². The van der Waals surface area contributed by atoms with Crippen LogP contribution >= 0.6 is 0 Å². The van der Waals surface area contributed by atoms with Gasteiger partial charge in [-0.15, -0.1) is 0 Å². The van der Waals surface area contributed by atoms with Crippen molar-refractivity contribution < 1.29 is 13.5 Å². The number of aromatic nitrogens is 3. The van der Waals surface area contributed by atoms with Crippen LogP contribution in [0.3, 0.4) is 0 Å². The zero-order valence-electron chi connectivity index (χ0n) is 9.78. The molecular formula is C10H17N3O3S. The fraction of sp³-hybridized carbons (Fsp3) is 0.800. The van der Waals surface area contributed by atoms with Gasteiger partial charge in [-0.05, 0) is 18.3 Å². The monoisotopic (exact) mass is 259 g/mol. The Balaban J connectivity index is 2.05. The molecule has 1 aromatic rings. The van der Waals surface area contributed by atoms with Crippen molar-refractivity contribution in [2.75, 3.05) is 18.1 Å². The minimum absolute atomic E-state index is 0.00690. The number of rotatable bonds is 4. The molecule has 0 aliphatic carbocycles. The van der Waals surface area contributed by atoms with Crippen LogP contribution in [-0.2, 0) is 23.3 Å². The SMILES string of the molecule is Cn1ncnc1CC(CO)C1CCS(=O)(=O)C1. The Labute approximate surface area is 101 Å². The second-order valence-corrected chi connectivity index (χ2v) is 6.84.